The average Bonchev–Trinajstić information content (AvgIpc) is 2.25. The zero-order valence-electron chi connectivity index (χ0n) is 12.4. The summed E-state index contributed by atoms with van der Waals surface area (Å²) in [6.07, 6.45) is 2.59. The van der Waals surface area contributed by atoms with Gasteiger partial charge >= 0.3 is 0 Å². The Morgan fingerprint density at radius 2 is 1.67 bits per heavy atom. The van der Waals surface area contributed by atoms with Crippen LogP contribution in [-0.4, -0.2) is 18.2 Å². The summed E-state index contributed by atoms with van der Waals surface area (Å²) in [5.41, 5.74) is 0.218. The van der Waals surface area contributed by atoms with Crippen LogP contribution >= 0.6 is 0 Å². The topological polar surface area (TPSA) is 46.2 Å². The molecule has 0 unspecified atom stereocenters. The Hall–Kier alpha value is -0.860. The van der Waals surface area contributed by atoms with Crippen LogP contribution in [0.4, 0.5) is 0 Å². The molecule has 0 bridgehead atoms. The van der Waals surface area contributed by atoms with E-state index in [9.17, 15) is 9.59 Å². The number of hydrogen-bond donors (Lipinski definition) is 1. The van der Waals surface area contributed by atoms with Crippen molar-refractivity contribution in [2.75, 3.05) is 6.54 Å². The summed E-state index contributed by atoms with van der Waals surface area (Å²) in [5, 5.41) is 3.06. The van der Waals surface area contributed by atoms with Gasteiger partial charge in [-0.3, -0.25) is 9.59 Å². The van der Waals surface area contributed by atoms with Gasteiger partial charge in [0, 0.05) is 25.3 Å². The zero-order valence-corrected chi connectivity index (χ0v) is 12.4. The first kappa shape index (κ1) is 15.2. The largest absolute Gasteiger partial charge is 0.355 e. The SMILES string of the molecule is CC(C)(C)C(C)(C)CNC(=O)C1CCC(=O)CC1. The Morgan fingerprint density at radius 3 is 2.11 bits per heavy atom. The van der Waals surface area contributed by atoms with Crippen LogP contribution in [0.1, 0.15) is 60.3 Å². The molecule has 1 aliphatic rings. The van der Waals surface area contributed by atoms with E-state index in [0.717, 1.165) is 12.8 Å². The van der Waals surface area contributed by atoms with E-state index >= 15 is 0 Å². The summed E-state index contributed by atoms with van der Waals surface area (Å²) in [6.45, 7) is 11.6. The lowest BCUT2D eigenvalue weighted by molar-refractivity contribution is -0.129. The summed E-state index contributed by atoms with van der Waals surface area (Å²) < 4.78 is 0. The maximum absolute atomic E-state index is 12.1. The van der Waals surface area contributed by atoms with E-state index in [1.807, 2.05) is 0 Å². The standard InChI is InChI=1S/C15H27NO2/c1-14(2,3)15(4,5)10-16-13(18)11-6-8-12(17)9-7-11/h11H,6-10H2,1-5H3,(H,16,18). The van der Waals surface area contributed by atoms with Crippen molar-refractivity contribution in [3.63, 3.8) is 0 Å². The van der Waals surface area contributed by atoms with Gasteiger partial charge in [0.05, 0.1) is 0 Å². The van der Waals surface area contributed by atoms with Gasteiger partial charge in [-0.1, -0.05) is 34.6 Å². The molecule has 0 aromatic carbocycles. The molecule has 0 aromatic rings. The van der Waals surface area contributed by atoms with Gasteiger partial charge in [-0.25, -0.2) is 0 Å². The quantitative estimate of drug-likeness (QED) is 0.840. The van der Waals surface area contributed by atoms with Crippen LogP contribution in [0.25, 0.3) is 0 Å². The van der Waals surface area contributed by atoms with Crippen molar-refractivity contribution in [2.24, 2.45) is 16.7 Å². The number of ketones is 1. The van der Waals surface area contributed by atoms with Gasteiger partial charge in [-0.2, -0.15) is 0 Å². The van der Waals surface area contributed by atoms with Crippen molar-refractivity contribution in [1.82, 2.24) is 5.32 Å². The minimum Gasteiger partial charge on any atom is -0.355 e. The van der Waals surface area contributed by atoms with Crippen molar-refractivity contribution in [1.29, 1.82) is 0 Å². The molecule has 0 aliphatic heterocycles. The Balaban J connectivity index is 2.44. The zero-order chi connectivity index (χ0) is 14.0. The molecule has 0 radical (unpaired) electrons. The summed E-state index contributed by atoms with van der Waals surface area (Å²) in [7, 11) is 0. The number of amides is 1. The first-order chi connectivity index (χ1) is 8.13. The molecular weight excluding hydrogens is 226 g/mol. The number of carbonyl (C=O) groups is 2. The van der Waals surface area contributed by atoms with Gasteiger partial charge in [0.1, 0.15) is 5.78 Å². The number of rotatable bonds is 3. The lowest BCUT2D eigenvalue weighted by Crippen LogP contribution is -2.44. The maximum Gasteiger partial charge on any atom is 0.223 e. The van der Waals surface area contributed by atoms with Crippen molar-refractivity contribution in [3.8, 4) is 0 Å². The third-order valence-corrected chi connectivity index (χ3v) is 4.65. The highest BCUT2D eigenvalue weighted by Gasteiger charge is 2.34. The lowest BCUT2D eigenvalue weighted by Gasteiger charge is -2.39. The second kappa shape index (κ2) is 5.41. The normalized spacial score (nSPS) is 18.8. The maximum atomic E-state index is 12.1. The summed E-state index contributed by atoms with van der Waals surface area (Å²) in [5.74, 6) is 0.465. The fourth-order valence-corrected chi connectivity index (χ4v) is 1.92. The van der Waals surface area contributed by atoms with Gasteiger partial charge in [0.2, 0.25) is 5.91 Å². The van der Waals surface area contributed by atoms with Crippen LogP contribution in [0.2, 0.25) is 0 Å². The molecule has 0 atom stereocenters. The number of nitrogens with one attached hydrogen (secondary N) is 1. The first-order valence-electron chi connectivity index (χ1n) is 6.93. The van der Waals surface area contributed by atoms with E-state index in [0.29, 0.717) is 25.2 Å². The molecule has 0 spiro atoms. The van der Waals surface area contributed by atoms with Crippen molar-refractivity contribution in [3.05, 3.63) is 0 Å². The highest BCUT2D eigenvalue weighted by Crippen LogP contribution is 2.37. The van der Waals surface area contributed by atoms with Gasteiger partial charge in [0.15, 0.2) is 0 Å². The third-order valence-electron chi connectivity index (χ3n) is 4.65. The molecule has 104 valence electrons. The minimum atomic E-state index is 0.0402. The average molecular weight is 253 g/mol. The molecule has 1 aliphatic carbocycles. The Morgan fingerprint density at radius 1 is 1.17 bits per heavy atom. The fourth-order valence-electron chi connectivity index (χ4n) is 1.92. The first-order valence-corrected chi connectivity index (χ1v) is 6.93. The van der Waals surface area contributed by atoms with E-state index in [1.165, 1.54) is 0 Å². The van der Waals surface area contributed by atoms with Crippen LogP contribution in [0.3, 0.4) is 0 Å². The molecule has 0 saturated heterocycles. The highest BCUT2D eigenvalue weighted by atomic mass is 16.2. The van der Waals surface area contributed by atoms with E-state index in [1.54, 1.807) is 0 Å². The van der Waals surface area contributed by atoms with Crippen LogP contribution in [0.15, 0.2) is 0 Å². The van der Waals surface area contributed by atoms with Crippen LogP contribution in [0.5, 0.6) is 0 Å². The predicted octanol–water partition coefficient (Wildman–Crippen LogP) is 2.93. The smallest absolute Gasteiger partial charge is 0.223 e. The van der Waals surface area contributed by atoms with Crippen molar-refractivity contribution in [2.45, 2.75) is 60.3 Å². The van der Waals surface area contributed by atoms with Gasteiger partial charge in [-0.05, 0) is 23.7 Å². The van der Waals surface area contributed by atoms with Crippen LogP contribution < -0.4 is 5.32 Å². The number of Topliss-reactive ketones (excluding diaryl/α,β-unsaturated/α-hetero) is 1. The second-order valence-corrected chi connectivity index (χ2v) is 7.16. The van der Waals surface area contributed by atoms with Gasteiger partial charge in [0.25, 0.3) is 0 Å². The van der Waals surface area contributed by atoms with Crippen molar-refractivity contribution >= 4 is 11.7 Å². The predicted molar refractivity (Wildman–Crippen MR) is 73.2 cm³/mol. The van der Waals surface area contributed by atoms with E-state index in [4.69, 9.17) is 0 Å². The molecule has 3 nitrogen and oxygen atoms in total. The van der Waals surface area contributed by atoms with Gasteiger partial charge in [-0.15, -0.1) is 0 Å². The minimum absolute atomic E-state index is 0.0402. The number of carbonyl (C=O) groups excluding carboxylic acids is 2. The Kier molecular flexibility index (Phi) is 4.57. The van der Waals surface area contributed by atoms with E-state index in [2.05, 4.69) is 39.9 Å². The third kappa shape index (κ3) is 3.82. The number of hydrogen-bond acceptors (Lipinski definition) is 2. The molecule has 1 fully saturated rings. The molecule has 1 saturated carbocycles. The summed E-state index contributed by atoms with van der Waals surface area (Å²) in [6, 6.07) is 0. The highest BCUT2D eigenvalue weighted by molar-refractivity contribution is 5.84. The Labute approximate surface area is 111 Å². The Bertz CT molecular complexity index is 316. The van der Waals surface area contributed by atoms with Gasteiger partial charge < -0.3 is 5.32 Å². The lowest BCUT2D eigenvalue weighted by atomic mass is 9.69. The second-order valence-electron chi connectivity index (χ2n) is 7.16. The molecule has 0 heterocycles. The molecule has 18 heavy (non-hydrogen) atoms. The van der Waals surface area contributed by atoms with Crippen molar-refractivity contribution < 1.29 is 9.59 Å². The molecule has 1 N–H and O–H groups in total. The van der Waals surface area contributed by atoms with Crippen LogP contribution in [-0.2, 0) is 9.59 Å². The molecular formula is C15H27NO2. The molecule has 1 amide bonds. The monoisotopic (exact) mass is 253 g/mol. The molecule has 3 heteroatoms. The van der Waals surface area contributed by atoms with E-state index < -0.39 is 0 Å². The van der Waals surface area contributed by atoms with E-state index in [-0.39, 0.29) is 22.7 Å². The summed E-state index contributed by atoms with van der Waals surface area (Å²) >= 11 is 0. The molecule has 1 rings (SSSR count). The fraction of sp³-hybridized carbons (Fsp3) is 0.867. The van der Waals surface area contributed by atoms with Crippen LogP contribution in [0, 0.1) is 16.7 Å². The molecule has 0 aromatic heterocycles. The summed E-state index contributed by atoms with van der Waals surface area (Å²) in [4.78, 5) is 23.2.